The molecule has 2 heterocycles. The molecule has 1 saturated heterocycles. The van der Waals surface area contributed by atoms with Gasteiger partial charge in [-0.05, 0) is 38.3 Å². The number of hydrogen-bond donors (Lipinski definition) is 0. The molecule has 1 fully saturated rings. The van der Waals surface area contributed by atoms with Crippen molar-refractivity contribution in [2.45, 2.75) is 32.2 Å². The van der Waals surface area contributed by atoms with Crippen LogP contribution in [-0.4, -0.2) is 28.4 Å². The molecule has 1 aliphatic heterocycles. The summed E-state index contributed by atoms with van der Waals surface area (Å²) >= 11 is 0. The molecule has 0 N–H and O–H groups in total. The molecule has 80 valence electrons. The molecule has 1 aromatic heterocycles. The third-order valence-electron chi connectivity index (χ3n) is 2.97. The molecule has 1 aromatic rings. The average molecular weight is 204 g/mol. The molecule has 3 heteroatoms. The lowest BCUT2D eigenvalue weighted by molar-refractivity contribution is 0.0635. The lowest BCUT2D eigenvalue weighted by Gasteiger charge is -2.33. The zero-order valence-corrected chi connectivity index (χ0v) is 9.02. The monoisotopic (exact) mass is 204 g/mol. The van der Waals surface area contributed by atoms with Crippen molar-refractivity contribution in [2.24, 2.45) is 0 Å². The van der Waals surface area contributed by atoms with Crippen molar-refractivity contribution < 1.29 is 4.79 Å². The van der Waals surface area contributed by atoms with E-state index in [1.807, 2.05) is 17.0 Å². The fourth-order valence-electron chi connectivity index (χ4n) is 2.05. The first kappa shape index (κ1) is 10.1. The van der Waals surface area contributed by atoms with Crippen LogP contribution in [0.15, 0.2) is 24.5 Å². The fraction of sp³-hybridized carbons (Fsp3) is 0.500. The summed E-state index contributed by atoms with van der Waals surface area (Å²) in [5, 5.41) is 0. The van der Waals surface area contributed by atoms with Crippen LogP contribution >= 0.6 is 0 Å². The van der Waals surface area contributed by atoms with Gasteiger partial charge in [0.1, 0.15) is 0 Å². The van der Waals surface area contributed by atoms with E-state index in [9.17, 15) is 4.79 Å². The average Bonchev–Trinajstić information content (AvgIpc) is 2.30. The van der Waals surface area contributed by atoms with Crippen LogP contribution < -0.4 is 0 Å². The van der Waals surface area contributed by atoms with E-state index < -0.39 is 0 Å². The minimum absolute atomic E-state index is 0.121. The summed E-state index contributed by atoms with van der Waals surface area (Å²) in [6, 6.07) is 4.00. The highest BCUT2D eigenvalue weighted by atomic mass is 16.2. The molecule has 3 nitrogen and oxygen atoms in total. The molecular weight excluding hydrogens is 188 g/mol. The van der Waals surface area contributed by atoms with Crippen molar-refractivity contribution >= 4 is 5.91 Å². The van der Waals surface area contributed by atoms with Gasteiger partial charge in [-0.2, -0.15) is 0 Å². The lowest BCUT2D eigenvalue weighted by Crippen LogP contribution is -2.42. The van der Waals surface area contributed by atoms with E-state index in [1.165, 1.54) is 6.42 Å². The van der Waals surface area contributed by atoms with Gasteiger partial charge in [-0.15, -0.1) is 0 Å². The molecule has 1 atom stereocenters. The number of carbonyl (C=O) groups is 1. The Morgan fingerprint density at radius 2 is 2.40 bits per heavy atom. The van der Waals surface area contributed by atoms with Crippen molar-refractivity contribution in [3.63, 3.8) is 0 Å². The number of hydrogen-bond acceptors (Lipinski definition) is 2. The van der Waals surface area contributed by atoms with Gasteiger partial charge >= 0.3 is 0 Å². The molecule has 15 heavy (non-hydrogen) atoms. The summed E-state index contributed by atoms with van der Waals surface area (Å²) in [5.41, 5.74) is 0.700. The van der Waals surface area contributed by atoms with Gasteiger partial charge in [0, 0.05) is 25.0 Å². The summed E-state index contributed by atoms with van der Waals surface area (Å²) in [6.07, 6.45) is 6.81. The lowest BCUT2D eigenvalue weighted by atomic mass is 10.0. The maximum atomic E-state index is 12.1. The van der Waals surface area contributed by atoms with Gasteiger partial charge in [0.25, 0.3) is 5.91 Å². The molecule has 0 aliphatic carbocycles. The van der Waals surface area contributed by atoms with Crippen LogP contribution in [0.3, 0.4) is 0 Å². The largest absolute Gasteiger partial charge is 0.336 e. The highest BCUT2D eigenvalue weighted by Gasteiger charge is 2.23. The summed E-state index contributed by atoms with van der Waals surface area (Å²) < 4.78 is 0. The number of piperidine rings is 1. The van der Waals surface area contributed by atoms with E-state index in [0.29, 0.717) is 11.6 Å². The second-order valence-electron chi connectivity index (χ2n) is 4.09. The van der Waals surface area contributed by atoms with Crippen LogP contribution in [-0.2, 0) is 0 Å². The van der Waals surface area contributed by atoms with E-state index in [1.54, 1.807) is 12.4 Å². The predicted molar refractivity (Wildman–Crippen MR) is 58.6 cm³/mol. The van der Waals surface area contributed by atoms with Crippen LogP contribution in [0.2, 0.25) is 0 Å². The molecule has 0 saturated carbocycles. The summed E-state index contributed by atoms with van der Waals surface area (Å²) in [4.78, 5) is 18.0. The van der Waals surface area contributed by atoms with E-state index in [-0.39, 0.29) is 5.91 Å². The molecule has 1 aliphatic rings. The van der Waals surface area contributed by atoms with E-state index in [0.717, 1.165) is 19.4 Å². The highest BCUT2D eigenvalue weighted by molar-refractivity contribution is 5.94. The van der Waals surface area contributed by atoms with Crippen molar-refractivity contribution in [1.29, 1.82) is 0 Å². The van der Waals surface area contributed by atoms with Crippen molar-refractivity contribution in [3.8, 4) is 0 Å². The Morgan fingerprint density at radius 1 is 1.53 bits per heavy atom. The van der Waals surface area contributed by atoms with E-state index in [2.05, 4.69) is 11.9 Å². The Balaban J connectivity index is 2.13. The molecule has 0 unspecified atom stereocenters. The van der Waals surface area contributed by atoms with Crippen LogP contribution in [0, 0.1) is 0 Å². The van der Waals surface area contributed by atoms with Crippen molar-refractivity contribution in [3.05, 3.63) is 30.1 Å². The number of aromatic nitrogens is 1. The molecule has 0 spiro atoms. The molecule has 2 rings (SSSR count). The molecular formula is C12H16N2O. The standard InChI is InChI=1S/C12H16N2O/c1-10-5-2-3-8-14(10)12(15)11-6-4-7-13-9-11/h4,6-7,9-10H,2-3,5,8H2,1H3/t10-/m1/s1. The third kappa shape index (κ3) is 2.17. The summed E-state index contributed by atoms with van der Waals surface area (Å²) in [7, 11) is 0. The zero-order valence-electron chi connectivity index (χ0n) is 9.02. The number of pyridine rings is 1. The van der Waals surface area contributed by atoms with Crippen LogP contribution in [0.25, 0.3) is 0 Å². The Morgan fingerprint density at radius 3 is 3.07 bits per heavy atom. The van der Waals surface area contributed by atoms with Gasteiger partial charge in [0.05, 0.1) is 5.56 Å². The third-order valence-corrected chi connectivity index (χ3v) is 2.97. The minimum atomic E-state index is 0.121. The van der Waals surface area contributed by atoms with Crippen molar-refractivity contribution in [2.75, 3.05) is 6.54 Å². The predicted octanol–water partition coefficient (Wildman–Crippen LogP) is 2.10. The second-order valence-corrected chi connectivity index (χ2v) is 4.09. The first-order chi connectivity index (χ1) is 7.29. The SMILES string of the molecule is C[C@@H]1CCCCN1C(=O)c1cccnc1. The number of rotatable bonds is 1. The molecule has 0 radical (unpaired) electrons. The van der Waals surface area contributed by atoms with Gasteiger partial charge < -0.3 is 4.90 Å². The maximum Gasteiger partial charge on any atom is 0.255 e. The van der Waals surface area contributed by atoms with Crippen LogP contribution in [0.4, 0.5) is 0 Å². The molecule has 0 bridgehead atoms. The van der Waals surface area contributed by atoms with E-state index in [4.69, 9.17) is 0 Å². The maximum absolute atomic E-state index is 12.1. The Hall–Kier alpha value is -1.38. The number of carbonyl (C=O) groups excluding carboxylic acids is 1. The quantitative estimate of drug-likeness (QED) is 0.701. The van der Waals surface area contributed by atoms with Gasteiger partial charge in [0.2, 0.25) is 0 Å². The Labute approximate surface area is 90.1 Å². The molecule has 1 amide bonds. The Bertz CT molecular complexity index is 337. The van der Waals surface area contributed by atoms with Crippen LogP contribution in [0.5, 0.6) is 0 Å². The topological polar surface area (TPSA) is 33.2 Å². The van der Waals surface area contributed by atoms with Gasteiger partial charge in [0.15, 0.2) is 0 Å². The first-order valence-electron chi connectivity index (χ1n) is 5.50. The van der Waals surface area contributed by atoms with Gasteiger partial charge in [-0.3, -0.25) is 9.78 Å². The van der Waals surface area contributed by atoms with Crippen LogP contribution in [0.1, 0.15) is 36.5 Å². The summed E-state index contributed by atoms with van der Waals surface area (Å²) in [5.74, 6) is 0.121. The highest BCUT2D eigenvalue weighted by Crippen LogP contribution is 2.18. The number of amides is 1. The number of nitrogens with zero attached hydrogens (tertiary/aromatic N) is 2. The van der Waals surface area contributed by atoms with E-state index >= 15 is 0 Å². The smallest absolute Gasteiger partial charge is 0.255 e. The second kappa shape index (κ2) is 4.43. The number of likely N-dealkylation sites (tertiary alicyclic amines) is 1. The summed E-state index contributed by atoms with van der Waals surface area (Å²) in [6.45, 7) is 3.00. The fourth-order valence-corrected chi connectivity index (χ4v) is 2.05. The Kier molecular flexibility index (Phi) is 2.99. The normalized spacial score (nSPS) is 21.4. The van der Waals surface area contributed by atoms with Gasteiger partial charge in [-0.25, -0.2) is 0 Å². The molecule has 0 aromatic carbocycles. The van der Waals surface area contributed by atoms with Gasteiger partial charge in [-0.1, -0.05) is 0 Å². The minimum Gasteiger partial charge on any atom is -0.336 e. The zero-order chi connectivity index (χ0) is 10.7. The van der Waals surface area contributed by atoms with Crippen molar-refractivity contribution in [1.82, 2.24) is 9.88 Å². The first-order valence-corrected chi connectivity index (χ1v) is 5.50.